The molecular formula is C11H17NO4S2. The number of nitrogens with one attached hydrogen (secondary N) is 1. The molecule has 1 aromatic rings. The lowest BCUT2D eigenvalue weighted by molar-refractivity contribution is 0.0698. The van der Waals surface area contributed by atoms with Crippen molar-refractivity contribution in [3.8, 4) is 0 Å². The summed E-state index contributed by atoms with van der Waals surface area (Å²) in [6, 6.07) is 0. The van der Waals surface area contributed by atoms with Crippen LogP contribution in [0.25, 0.3) is 0 Å². The number of aryl methyl sites for hydroxylation is 1. The van der Waals surface area contributed by atoms with Crippen LogP contribution in [0.5, 0.6) is 0 Å². The van der Waals surface area contributed by atoms with Crippen LogP contribution in [0.3, 0.4) is 0 Å². The first kappa shape index (κ1) is 15.1. The summed E-state index contributed by atoms with van der Waals surface area (Å²) in [5, 5.41) is 10.6. The zero-order valence-corrected chi connectivity index (χ0v) is 12.4. The Hall–Kier alpha value is -0.920. The second-order valence-electron chi connectivity index (χ2n) is 4.73. The van der Waals surface area contributed by atoms with Crippen LogP contribution < -0.4 is 4.72 Å². The summed E-state index contributed by atoms with van der Waals surface area (Å²) in [5.41, 5.74) is -0.153. The first-order chi connectivity index (χ1) is 8.10. The van der Waals surface area contributed by atoms with E-state index in [1.807, 2.05) is 6.92 Å². The summed E-state index contributed by atoms with van der Waals surface area (Å²) in [5.74, 6) is -1.22. The highest BCUT2D eigenvalue weighted by atomic mass is 32.2. The minimum atomic E-state index is -3.81. The van der Waals surface area contributed by atoms with Crippen LogP contribution in [0.4, 0.5) is 0 Å². The van der Waals surface area contributed by atoms with Gasteiger partial charge in [-0.3, -0.25) is 0 Å². The van der Waals surface area contributed by atoms with Crippen molar-refractivity contribution in [1.82, 2.24) is 4.72 Å². The summed E-state index contributed by atoms with van der Waals surface area (Å²) >= 11 is 0.926. The fraction of sp³-hybridized carbons (Fsp3) is 0.545. The molecule has 0 bridgehead atoms. The fourth-order valence-corrected chi connectivity index (χ4v) is 4.52. The van der Waals surface area contributed by atoms with E-state index in [9.17, 15) is 13.2 Å². The van der Waals surface area contributed by atoms with Crippen molar-refractivity contribution in [2.45, 2.75) is 44.6 Å². The number of thiophene rings is 1. The van der Waals surface area contributed by atoms with Gasteiger partial charge in [-0.05, 0) is 38.1 Å². The highest BCUT2D eigenvalue weighted by molar-refractivity contribution is 7.89. The largest absolute Gasteiger partial charge is 0.477 e. The van der Waals surface area contributed by atoms with Crippen LogP contribution in [-0.4, -0.2) is 25.0 Å². The number of carboxylic acid groups (broad SMARTS) is 1. The van der Waals surface area contributed by atoms with Gasteiger partial charge in [-0.25, -0.2) is 17.9 Å². The van der Waals surface area contributed by atoms with E-state index in [1.54, 1.807) is 20.8 Å². The summed E-state index contributed by atoms with van der Waals surface area (Å²) in [4.78, 5) is 10.8. The molecule has 0 aliphatic rings. The molecule has 0 aromatic carbocycles. The van der Waals surface area contributed by atoms with E-state index in [2.05, 4.69) is 4.72 Å². The number of hydrogen-bond donors (Lipinski definition) is 2. The quantitative estimate of drug-likeness (QED) is 0.871. The Kier molecular flexibility index (Phi) is 4.19. The first-order valence-electron chi connectivity index (χ1n) is 5.46. The molecule has 0 unspecified atom stereocenters. The SMILES string of the molecule is CCC(C)(C)NS(=O)(=O)c1c(C)csc1C(=O)O. The van der Waals surface area contributed by atoms with Crippen molar-refractivity contribution >= 4 is 27.3 Å². The van der Waals surface area contributed by atoms with Gasteiger partial charge in [0.1, 0.15) is 9.77 Å². The van der Waals surface area contributed by atoms with Crippen LogP contribution in [0, 0.1) is 6.92 Å². The van der Waals surface area contributed by atoms with Crippen molar-refractivity contribution in [2.75, 3.05) is 0 Å². The molecule has 7 heteroatoms. The van der Waals surface area contributed by atoms with E-state index in [1.165, 1.54) is 5.38 Å². The lowest BCUT2D eigenvalue weighted by atomic mass is 10.0. The minimum absolute atomic E-state index is 0.124. The van der Waals surface area contributed by atoms with E-state index >= 15 is 0 Å². The molecule has 1 aromatic heterocycles. The molecule has 0 saturated heterocycles. The molecule has 2 N–H and O–H groups in total. The number of hydrogen-bond acceptors (Lipinski definition) is 4. The molecule has 0 fully saturated rings. The zero-order chi connectivity index (χ0) is 14.1. The number of carboxylic acids is 1. The van der Waals surface area contributed by atoms with Crippen molar-refractivity contribution in [1.29, 1.82) is 0 Å². The van der Waals surface area contributed by atoms with Crippen molar-refractivity contribution in [3.05, 3.63) is 15.8 Å². The van der Waals surface area contributed by atoms with Gasteiger partial charge in [-0.15, -0.1) is 11.3 Å². The lowest BCUT2D eigenvalue weighted by Gasteiger charge is -2.24. The van der Waals surface area contributed by atoms with Gasteiger partial charge in [0.25, 0.3) is 0 Å². The Morgan fingerprint density at radius 1 is 1.50 bits per heavy atom. The molecule has 0 saturated carbocycles. The minimum Gasteiger partial charge on any atom is -0.477 e. The smallest absolute Gasteiger partial charge is 0.347 e. The lowest BCUT2D eigenvalue weighted by Crippen LogP contribution is -2.43. The molecule has 18 heavy (non-hydrogen) atoms. The Morgan fingerprint density at radius 3 is 2.50 bits per heavy atom. The Balaban J connectivity index is 3.29. The van der Waals surface area contributed by atoms with Gasteiger partial charge in [0, 0.05) is 5.54 Å². The van der Waals surface area contributed by atoms with Gasteiger partial charge in [0.05, 0.1) is 0 Å². The standard InChI is InChI=1S/C11H17NO4S2/c1-5-11(3,4)12-18(15,16)9-7(2)6-17-8(9)10(13)14/h6,12H,5H2,1-4H3,(H,13,14). The van der Waals surface area contributed by atoms with Gasteiger partial charge < -0.3 is 5.11 Å². The Morgan fingerprint density at radius 2 is 2.06 bits per heavy atom. The van der Waals surface area contributed by atoms with Gasteiger partial charge in [0.15, 0.2) is 0 Å². The molecule has 0 radical (unpaired) electrons. The monoisotopic (exact) mass is 291 g/mol. The molecular weight excluding hydrogens is 274 g/mol. The molecule has 0 aliphatic heterocycles. The molecule has 0 amide bonds. The number of sulfonamides is 1. The van der Waals surface area contributed by atoms with Crippen molar-refractivity contribution in [3.63, 3.8) is 0 Å². The summed E-state index contributed by atoms with van der Waals surface area (Å²) in [6.07, 6.45) is 0.609. The van der Waals surface area contributed by atoms with Crippen LogP contribution in [0.15, 0.2) is 10.3 Å². The van der Waals surface area contributed by atoms with E-state index in [0.717, 1.165) is 11.3 Å². The van der Waals surface area contributed by atoms with Crippen LogP contribution in [-0.2, 0) is 10.0 Å². The topological polar surface area (TPSA) is 83.5 Å². The summed E-state index contributed by atoms with van der Waals surface area (Å²) < 4.78 is 27.0. The Labute approximate surface area is 111 Å². The third-order valence-electron chi connectivity index (χ3n) is 2.68. The average molecular weight is 291 g/mol. The maximum atomic E-state index is 12.2. The van der Waals surface area contributed by atoms with Gasteiger partial charge in [0.2, 0.25) is 10.0 Å². The normalized spacial score (nSPS) is 12.7. The highest BCUT2D eigenvalue weighted by Crippen LogP contribution is 2.28. The molecule has 0 spiro atoms. The van der Waals surface area contributed by atoms with Crippen LogP contribution >= 0.6 is 11.3 Å². The van der Waals surface area contributed by atoms with Crippen LogP contribution in [0.1, 0.15) is 42.4 Å². The summed E-state index contributed by atoms with van der Waals surface area (Å²) in [6.45, 7) is 6.97. The second kappa shape index (κ2) is 4.99. The van der Waals surface area contributed by atoms with Gasteiger partial charge in [-0.1, -0.05) is 6.92 Å². The molecule has 1 rings (SSSR count). The third-order valence-corrected chi connectivity index (χ3v) is 5.78. The molecule has 102 valence electrons. The second-order valence-corrected chi connectivity index (χ2v) is 7.22. The van der Waals surface area contributed by atoms with E-state index in [0.29, 0.717) is 12.0 Å². The molecule has 0 aliphatic carbocycles. The van der Waals surface area contributed by atoms with E-state index in [-0.39, 0.29) is 9.77 Å². The maximum Gasteiger partial charge on any atom is 0.347 e. The van der Waals surface area contributed by atoms with Crippen molar-refractivity contribution < 1.29 is 18.3 Å². The van der Waals surface area contributed by atoms with E-state index < -0.39 is 21.5 Å². The van der Waals surface area contributed by atoms with E-state index in [4.69, 9.17) is 5.11 Å². The number of rotatable bonds is 5. The highest BCUT2D eigenvalue weighted by Gasteiger charge is 2.31. The maximum absolute atomic E-state index is 12.2. The number of carbonyl (C=O) groups is 1. The third kappa shape index (κ3) is 3.09. The number of aromatic carboxylic acids is 1. The fourth-order valence-electron chi connectivity index (χ4n) is 1.40. The molecule has 0 atom stereocenters. The van der Waals surface area contributed by atoms with Crippen molar-refractivity contribution in [2.24, 2.45) is 0 Å². The zero-order valence-electron chi connectivity index (χ0n) is 10.8. The first-order valence-corrected chi connectivity index (χ1v) is 7.82. The van der Waals surface area contributed by atoms with Crippen LogP contribution in [0.2, 0.25) is 0 Å². The Bertz CT molecular complexity index is 558. The molecule has 5 nitrogen and oxygen atoms in total. The summed E-state index contributed by atoms with van der Waals surface area (Å²) in [7, 11) is -3.81. The van der Waals surface area contributed by atoms with Gasteiger partial charge in [-0.2, -0.15) is 0 Å². The van der Waals surface area contributed by atoms with Gasteiger partial charge >= 0.3 is 5.97 Å². The molecule has 1 heterocycles. The predicted octanol–water partition coefficient (Wildman–Crippen LogP) is 2.22. The average Bonchev–Trinajstić information content (AvgIpc) is 2.59. The predicted molar refractivity (Wildman–Crippen MR) is 70.7 cm³/mol.